The van der Waals surface area contributed by atoms with E-state index in [0.717, 1.165) is 35.8 Å². The Morgan fingerprint density at radius 1 is 0.750 bits per heavy atom. The van der Waals surface area contributed by atoms with E-state index in [0.29, 0.717) is 12.0 Å². The van der Waals surface area contributed by atoms with Gasteiger partial charge in [0.1, 0.15) is 12.4 Å². The molecule has 32 heavy (non-hydrogen) atoms. The molecule has 0 saturated heterocycles. The molecule has 4 rings (SSSR count). The van der Waals surface area contributed by atoms with Crippen molar-refractivity contribution in [2.75, 3.05) is 6.61 Å². The SMILES string of the molecule is C=CCOc1ccc(CCc2ccc(C#Cc3ccc4c(F)c(F)ccc4c3)cc2)cc1. The third-order valence-corrected chi connectivity index (χ3v) is 5.21. The van der Waals surface area contributed by atoms with Crippen LogP contribution in [0.1, 0.15) is 22.3 Å². The van der Waals surface area contributed by atoms with Crippen molar-refractivity contribution in [1.82, 2.24) is 0 Å². The minimum Gasteiger partial charge on any atom is -0.490 e. The molecule has 0 aliphatic heterocycles. The van der Waals surface area contributed by atoms with Gasteiger partial charge in [-0.2, -0.15) is 0 Å². The van der Waals surface area contributed by atoms with Crippen molar-refractivity contribution in [2.24, 2.45) is 0 Å². The van der Waals surface area contributed by atoms with Gasteiger partial charge in [0.05, 0.1) is 0 Å². The molecule has 4 aromatic rings. The Balaban J connectivity index is 1.38. The van der Waals surface area contributed by atoms with Crippen LogP contribution in [0.25, 0.3) is 10.8 Å². The first-order valence-corrected chi connectivity index (χ1v) is 10.4. The Morgan fingerprint density at radius 2 is 1.38 bits per heavy atom. The monoisotopic (exact) mass is 424 g/mol. The molecule has 0 aliphatic carbocycles. The normalized spacial score (nSPS) is 10.4. The van der Waals surface area contributed by atoms with Crippen molar-refractivity contribution in [3.8, 4) is 17.6 Å². The van der Waals surface area contributed by atoms with Crippen LogP contribution in [0, 0.1) is 23.5 Å². The summed E-state index contributed by atoms with van der Waals surface area (Å²) >= 11 is 0. The number of hydrogen-bond acceptors (Lipinski definition) is 1. The standard InChI is InChI=1S/C29H22F2O/c1-2-19-32-26-15-11-23(12-16-26)8-7-21-3-5-22(6-4-21)9-10-24-13-17-27-25(20-24)14-18-28(30)29(27)31/h2-6,11-18,20H,1,7-8,19H2. The van der Waals surface area contributed by atoms with E-state index in [4.69, 9.17) is 4.74 Å². The molecule has 0 radical (unpaired) electrons. The molecular formula is C29H22F2O. The Morgan fingerprint density at radius 3 is 2.06 bits per heavy atom. The molecule has 0 bridgehead atoms. The maximum absolute atomic E-state index is 13.8. The average molecular weight is 424 g/mol. The third-order valence-electron chi connectivity index (χ3n) is 5.21. The van der Waals surface area contributed by atoms with E-state index in [-0.39, 0.29) is 5.39 Å². The van der Waals surface area contributed by atoms with E-state index >= 15 is 0 Å². The van der Waals surface area contributed by atoms with Crippen LogP contribution in [-0.2, 0) is 12.8 Å². The lowest BCUT2D eigenvalue weighted by atomic mass is 10.0. The van der Waals surface area contributed by atoms with Gasteiger partial charge in [-0.15, -0.1) is 0 Å². The summed E-state index contributed by atoms with van der Waals surface area (Å²) in [5.74, 6) is 5.42. The summed E-state index contributed by atoms with van der Waals surface area (Å²) in [7, 11) is 0. The maximum atomic E-state index is 13.8. The van der Waals surface area contributed by atoms with E-state index in [1.165, 1.54) is 11.1 Å². The van der Waals surface area contributed by atoms with Crippen LogP contribution < -0.4 is 4.74 Å². The first-order chi connectivity index (χ1) is 15.6. The Bertz CT molecular complexity index is 1290. The molecule has 0 atom stereocenters. The zero-order valence-corrected chi connectivity index (χ0v) is 17.6. The Labute approximate surface area is 187 Å². The average Bonchev–Trinajstić information content (AvgIpc) is 2.84. The molecule has 0 spiro atoms. The van der Waals surface area contributed by atoms with Gasteiger partial charge in [-0.25, -0.2) is 8.78 Å². The molecule has 1 nitrogen and oxygen atoms in total. The number of fused-ring (bicyclic) bond motifs is 1. The van der Waals surface area contributed by atoms with Crippen LogP contribution in [0.5, 0.6) is 5.75 Å². The van der Waals surface area contributed by atoms with Crippen LogP contribution in [0.15, 0.2) is 91.5 Å². The fraction of sp³-hybridized carbons (Fsp3) is 0.103. The summed E-state index contributed by atoms with van der Waals surface area (Å²) in [6, 6.07) is 24.1. The van der Waals surface area contributed by atoms with Gasteiger partial charge in [0.15, 0.2) is 11.6 Å². The summed E-state index contributed by atoms with van der Waals surface area (Å²) < 4.78 is 32.7. The van der Waals surface area contributed by atoms with E-state index < -0.39 is 11.6 Å². The lowest BCUT2D eigenvalue weighted by Crippen LogP contribution is -1.94. The van der Waals surface area contributed by atoms with Crippen molar-refractivity contribution < 1.29 is 13.5 Å². The summed E-state index contributed by atoms with van der Waals surface area (Å²) in [5, 5.41) is 0.894. The predicted molar refractivity (Wildman–Crippen MR) is 126 cm³/mol. The second-order valence-electron chi connectivity index (χ2n) is 7.49. The number of rotatable bonds is 6. The van der Waals surface area contributed by atoms with Gasteiger partial charge in [0.2, 0.25) is 0 Å². The Hall–Kier alpha value is -3.90. The summed E-state index contributed by atoms with van der Waals surface area (Å²) in [6.07, 6.45) is 3.61. The van der Waals surface area contributed by atoms with Crippen molar-refractivity contribution in [1.29, 1.82) is 0 Å². The van der Waals surface area contributed by atoms with E-state index in [1.807, 2.05) is 24.3 Å². The van der Waals surface area contributed by atoms with E-state index in [1.54, 1.807) is 30.3 Å². The molecule has 0 fully saturated rings. The molecule has 0 amide bonds. The molecule has 0 saturated carbocycles. The first-order valence-electron chi connectivity index (χ1n) is 10.4. The van der Waals surface area contributed by atoms with Gasteiger partial charge >= 0.3 is 0 Å². The largest absolute Gasteiger partial charge is 0.490 e. The number of halogens is 2. The Kier molecular flexibility index (Phi) is 6.63. The van der Waals surface area contributed by atoms with Crippen molar-refractivity contribution in [3.05, 3.63) is 125 Å². The highest BCUT2D eigenvalue weighted by atomic mass is 19.2. The lowest BCUT2D eigenvalue weighted by molar-refractivity contribution is 0.363. The molecule has 4 aromatic carbocycles. The number of hydrogen-bond donors (Lipinski definition) is 0. The van der Waals surface area contributed by atoms with Gasteiger partial charge < -0.3 is 4.74 Å². The zero-order chi connectivity index (χ0) is 22.3. The maximum Gasteiger partial charge on any atom is 0.166 e. The van der Waals surface area contributed by atoms with Gasteiger partial charge in [0, 0.05) is 16.5 Å². The summed E-state index contributed by atoms with van der Waals surface area (Å²) in [5.41, 5.74) is 4.16. The fourth-order valence-corrected chi connectivity index (χ4v) is 3.44. The highest BCUT2D eigenvalue weighted by molar-refractivity contribution is 5.84. The molecular weight excluding hydrogens is 402 g/mol. The van der Waals surface area contributed by atoms with Crippen LogP contribution in [0.4, 0.5) is 8.78 Å². The van der Waals surface area contributed by atoms with Crippen molar-refractivity contribution in [3.63, 3.8) is 0 Å². The lowest BCUT2D eigenvalue weighted by Gasteiger charge is -2.06. The van der Waals surface area contributed by atoms with Crippen LogP contribution in [0.3, 0.4) is 0 Å². The van der Waals surface area contributed by atoms with Gasteiger partial charge in [0.25, 0.3) is 0 Å². The minimum absolute atomic E-state index is 0.263. The van der Waals surface area contributed by atoms with Crippen LogP contribution in [0.2, 0.25) is 0 Å². The van der Waals surface area contributed by atoms with Crippen molar-refractivity contribution >= 4 is 10.8 Å². The first kappa shape index (κ1) is 21.3. The molecule has 0 unspecified atom stereocenters. The van der Waals surface area contributed by atoms with Gasteiger partial charge in [-0.3, -0.25) is 0 Å². The zero-order valence-electron chi connectivity index (χ0n) is 17.6. The smallest absolute Gasteiger partial charge is 0.166 e. The molecule has 3 heteroatoms. The predicted octanol–water partition coefficient (Wildman–Crippen LogP) is 6.87. The highest BCUT2D eigenvalue weighted by Crippen LogP contribution is 2.21. The van der Waals surface area contributed by atoms with Gasteiger partial charge in [-0.05, 0) is 71.8 Å². The molecule has 0 aliphatic rings. The fourth-order valence-electron chi connectivity index (χ4n) is 3.44. The minimum atomic E-state index is -0.842. The molecule has 0 heterocycles. The molecule has 158 valence electrons. The summed E-state index contributed by atoms with van der Waals surface area (Å²) in [6.45, 7) is 4.16. The number of aryl methyl sites for hydroxylation is 2. The number of ether oxygens (including phenoxy) is 1. The van der Waals surface area contributed by atoms with Gasteiger partial charge in [-0.1, -0.05) is 60.9 Å². The topological polar surface area (TPSA) is 9.23 Å². The van der Waals surface area contributed by atoms with Crippen LogP contribution in [-0.4, -0.2) is 6.61 Å². The third kappa shape index (κ3) is 5.22. The molecule has 0 N–H and O–H groups in total. The summed E-state index contributed by atoms with van der Waals surface area (Å²) in [4.78, 5) is 0. The molecule has 0 aromatic heterocycles. The highest BCUT2D eigenvalue weighted by Gasteiger charge is 2.06. The van der Waals surface area contributed by atoms with Crippen molar-refractivity contribution in [2.45, 2.75) is 12.8 Å². The number of benzene rings is 4. The quantitative estimate of drug-likeness (QED) is 0.242. The second-order valence-corrected chi connectivity index (χ2v) is 7.49. The van der Waals surface area contributed by atoms with E-state index in [2.05, 4.69) is 42.7 Å². The van der Waals surface area contributed by atoms with Crippen LogP contribution >= 0.6 is 0 Å². The second kappa shape index (κ2) is 9.94. The van der Waals surface area contributed by atoms with E-state index in [9.17, 15) is 8.78 Å².